The highest BCUT2D eigenvalue weighted by molar-refractivity contribution is 7.10. The number of aromatic nitrogens is 2. The van der Waals surface area contributed by atoms with Gasteiger partial charge in [0.2, 0.25) is 0 Å². The minimum absolute atomic E-state index is 0.471. The number of nitrogens with zero attached hydrogens (tertiary/aromatic N) is 2. The average molecular weight is 341 g/mol. The van der Waals surface area contributed by atoms with Crippen molar-refractivity contribution in [2.75, 3.05) is 20.1 Å². The van der Waals surface area contributed by atoms with Crippen LogP contribution in [-0.4, -0.2) is 36.1 Å². The molecule has 0 aliphatic carbocycles. The smallest absolute Gasteiger partial charge is 0.191 e. The van der Waals surface area contributed by atoms with E-state index >= 15 is 0 Å². The zero-order chi connectivity index (χ0) is 16.8. The number of H-pyrrole nitrogens is 1. The topological polar surface area (TPSA) is 65.1 Å². The number of hydrogen-bond acceptors (Lipinski definition) is 3. The van der Waals surface area contributed by atoms with Crippen LogP contribution in [0, 0.1) is 0 Å². The summed E-state index contributed by atoms with van der Waals surface area (Å²) in [6.07, 6.45) is 0.829. The van der Waals surface area contributed by atoms with Crippen LogP contribution in [0.2, 0.25) is 0 Å². The Hall–Kier alpha value is -2.34. The van der Waals surface area contributed by atoms with Gasteiger partial charge in [0.1, 0.15) is 5.82 Å². The van der Waals surface area contributed by atoms with Gasteiger partial charge in [0.25, 0.3) is 0 Å². The Balaban J connectivity index is 1.45. The van der Waals surface area contributed by atoms with Gasteiger partial charge < -0.3 is 15.6 Å². The van der Waals surface area contributed by atoms with Crippen molar-refractivity contribution in [3.63, 3.8) is 0 Å². The van der Waals surface area contributed by atoms with Gasteiger partial charge in [-0.25, -0.2) is 4.98 Å². The van der Waals surface area contributed by atoms with Crippen LogP contribution in [0.1, 0.15) is 23.5 Å². The minimum atomic E-state index is 0.471. The third kappa shape index (κ3) is 4.14. The van der Waals surface area contributed by atoms with Crippen LogP contribution in [0.15, 0.2) is 46.8 Å². The number of fused-ring (bicyclic) bond motifs is 1. The molecule has 5 nitrogen and oxygen atoms in total. The highest BCUT2D eigenvalue weighted by atomic mass is 32.1. The van der Waals surface area contributed by atoms with Crippen molar-refractivity contribution in [2.24, 2.45) is 4.99 Å². The van der Waals surface area contributed by atoms with E-state index in [0.29, 0.717) is 5.92 Å². The quantitative estimate of drug-likeness (QED) is 0.477. The summed E-state index contributed by atoms with van der Waals surface area (Å²) < 4.78 is 0. The fourth-order valence-electron chi connectivity index (χ4n) is 2.57. The average Bonchev–Trinajstić information content (AvgIpc) is 3.26. The Bertz CT molecular complexity index is 758. The van der Waals surface area contributed by atoms with Crippen LogP contribution < -0.4 is 10.6 Å². The van der Waals surface area contributed by atoms with E-state index in [1.807, 2.05) is 24.3 Å². The second-order valence-corrected chi connectivity index (χ2v) is 6.73. The molecule has 0 bridgehead atoms. The number of thiophene rings is 1. The van der Waals surface area contributed by atoms with Crippen molar-refractivity contribution in [3.8, 4) is 0 Å². The van der Waals surface area contributed by atoms with E-state index < -0.39 is 0 Å². The van der Waals surface area contributed by atoms with E-state index in [1.165, 1.54) is 4.88 Å². The van der Waals surface area contributed by atoms with E-state index in [0.717, 1.165) is 42.3 Å². The van der Waals surface area contributed by atoms with Crippen molar-refractivity contribution in [2.45, 2.75) is 19.3 Å². The van der Waals surface area contributed by atoms with E-state index in [-0.39, 0.29) is 0 Å². The number of hydrogen-bond donors (Lipinski definition) is 3. The van der Waals surface area contributed by atoms with Crippen LogP contribution >= 0.6 is 11.3 Å². The summed E-state index contributed by atoms with van der Waals surface area (Å²) in [4.78, 5) is 13.6. The van der Waals surface area contributed by atoms with Gasteiger partial charge in [0.05, 0.1) is 11.0 Å². The zero-order valence-corrected chi connectivity index (χ0v) is 14.9. The van der Waals surface area contributed by atoms with Crippen molar-refractivity contribution in [1.29, 1.82) is 0 Å². The van der Waals surface area contributed by atoms with Crippen LogP contribution in [-0.2, 0) is 6.42 Å². The first-order valence-electron chi connectivity index (χ1n) is 8.18. The van der Waals surface area contributed by atoms with Crippen molar-refractivity contribution in [3.05, 3.63) is 52.5 Å². The maximum Gasteiger partial charge on any atom is 0.191 e. The van der Waals surface area contributed by atoms with Crippen LogP contribution in [0.5, 0.6) is 0 Å². The van der Waals surface area contributed by atoms with Gasteiger partial charge in [-0.3, -0.25) is 4.99 Å². The molecule has 0 saturated heterocycles. The second-order valence-electron chi connectivity index (χ2n) is 5.75. The molecule has 0 spiro atoms. The van der Waals surface area contributed by atoms with Gasteiger partial charge in [-0.1, -0.05) is 25.1 Å². The molecule has 0 radical (unpaired) electrons. The molecule has 2 heterocycles. The third-order valence-electron chi connectivity index (χ3n) is 3.92. The Kier molecular flexibility index (Phi) is 5.48. The summed E-state index contributed by atoms with van der Waals surface area (Å²) in [5.74, 6) is 2.29. The van der Waals surface area contributed by atoms with E-state index in [2.05, 4.69) is 50.0 Å². The number of aromatic amines is 1. The van der Waals surface area contributed by atoms with Gasteiger partial charge in [-0.15, -0.1) is 11.3 Å². The lowest BCUT2D eigenvalue weighted by Crippen LogP contribution is -2.39. The predicted molar refractivity (Wildman–Crippen MR) is 102 cm³/mol. The maximum absolute atomic E-state index is 4.59. The molecule has 6 heteroatoms. The van der Waals surface area contributed by atoms with Crippen LogP contribution in [0.3, 0.4) is 0 Å². The molecular weight excluding hydrogens is 318 g/mol. The summed E-state index contributed by atoms with van der Waals surface area (Å²) in [6, 6.07) is 12.4. The molecular formula is C18H23N5S. The first-order valence-corrected chi connectivity index (χ1v) is 9.06. The lowest BCUT2D eigenvalue weighted by atomic mass is 10.1. The maximum atomic E-state index is 4.59. The molecule has 0 aliphatic rings. The fourth-order valence-corrected chi connectivity index (χ4v) is 3.35. The molecule has 0 saturated carbocycles. The second kappa shape index (κ2) is 7.97. The molecule has 2 aromatic heterocycles. The van der Waals surface area contributed by atoms with Crippen LogP contribution in [0.25, 0.3) is 11.0 Å². The fraction of sp³-hybridized carbons (Fsp3) is 0.333. The lowest BCUT2D eigenvalue weighted by molar-refractivity contribution is 0.704. The Morgan fingerprint density at radius 3 is 2.88 bits per heavy atom. The number of guanidine groups is 1. The van der Waals surface area contributed by atoms with Gasteiger partial charge in [-0.2, -0.15) is 0 Å². The van der Waals surface area contributed by atoms with Crippen molar-refractivity contribution in [1.82, 2.24) is 20.6 Å². The molecule has 126 valence electrons. The first-order chi connectivity index (χ1) is 11.8. The normalized spacial score (nSPS) is 13.2. The van der Waals surface area contributed by atoms with Crippen molar-refractivity contribution < 1.29 is 0 Å². The van der Waals surface area contributed by atoms with Gasteiger partial charge in [-0.05, 0) is 23.6 Å². The highest BCUT2D eigenvalue weighted by Gasteiger charge is 2.08. The minimum Gasteiger partial charge on any atom is -0.356 e. The van der Waals surface area contributed by atoms with E-state index in [4.69, 9.17) is 0 Å². The summed E-state index contributed by atoms with van der Waals surface area (Å²) in [6.45, 7) is 3.87. The molecule has 0 fully saturated rings. The third-order valence-corrected chi connectivity index (χ3v) is 5.02. The predicted octanol–water partition coefficient (Wildman–Crippen LogP) is 3.14. The molecule has 24 heavy (non-hydrogen) atoms. The largest absolute Gasteiger partial charge is 0.356 e. The van der Waals surface area contributed by atoms with E-state index in [9.17, 15) is 0 Å². The SMILES string of the molecule is CN=C(NCCc1nc2ccccc2[nH]1)NCC(C)c1cccs1. The number of nitrogens with one attached hydrogen (secondary N) is 3. The standard InChI is InChI=1S/C18H23N5S/c1-13(16-8-5-11-24-16)12-21-18(19-2)20-10-9-17-22-14-6-3-4-7-15(14)23-17/h3-8,11,13H,9-10,12H2,1-2H3,(H,22,23)(H2,19,20,21). The molecule has 0 amide bonds. The molecule has 3 N–H and O–H groups in total. The molecule has 1 aromatic carbocycles. The number of rotatable bonds is 6. The number of para-hydroxylation sites is 2. The molecule has 3 aromatic rings. The Labute approximate surface area is 146 Å². The van der Waals surface area contributed by atoms with Crippen LogP contribution in [0.4, 0.5) is 0 Å². The summed E-state index contributed by atoms with van der Waals surface area (Å²) in [7, 11) is 1.80. The summed E-state index contributed by atoms with van der Waals surface area (Å²) >= 11 is 1.79. The molecule has 1 unspecified atom stereocenters. The zero-order valence-electron chi connectivity index (χ0n) is 14.0. The molecule has 3 rings (SSSR count). The molecule has 1 atom stereocenters. The first kappa shape index (κ1) is 16.5. The monoisotopic (exact) mass is 341 g/mol. The van der Waals surface area contributed by atoms with Crippen molar-refractivity contribution >= 4 is 28.3 Å². The summed E-state index contributed by atoms with van der Waals surface area (Å²) in [5.41, 5.74) is 2.10. The Morgan fingerprint density at radius 1 is 1.25 bits per heavy atom. The lowest BCUT2D eigenvalue weighted by Gasteiger charge is -2.14. The van der Waals surface area contributed by atoms with Gasteiger partial charge in [0, 0.05) is 37.4 Å². The highest BCUT2D eigenvalue weighted by Crippen LogP contribution is 2.19. The van der Waals surface area contributed by atoms with Gasteiger partial charge >= 0.3 is 0 Å². The van der Waals surface area contributed by atoms with E-state index in [1.54, 1.807) is 18.4 Å². The number of imidazole rings is 1. The van der Waals surface area contributed by atoms with Gasteiger partial charge in [0.15, 0.2) is 5.96 Å². The number of benzene rings is 1. The Morgan fingerprint density at radius 2 is 2.12 bits per heavy atom. The number of aliphatic imine (C=N–C) groups is 1. The summed E-state index contributed by atoms with van der Waals surface area (Å²) in [5, 5.41) is 8.85. The molecule has 0 aliphatic heterocycles.